The molecule has 4 rings (SSSR count). The number of rotatable bonds is 5. The van der Waals surface area contributed by atoms with E-state index in [1.54, 1.807) is 6.92 Å². The Hall–Kier alpha value is -0.790. The molecule has 0 saturated heterocycles. The lowest BCUT2D eigenvalue weighted by Crippen LogP contribution is -2.54. The van der Waals surface area contributed by atoms with Crippen LogP contribution in [0.15, 0.2) is 12.2 Å². The van der Waals surface area contributed by atoms with Crippen molar-refractivity contribution in [2.45, 2.75) is 112 Å². The summed E-state index contributed by atoms with van der Waals surface area (Å²) in [6.07, 6.45) is 18.4. The molecular formula is C29H48O2. The Balaban J connectivity index is 1.46. The first-order chi connectivity index (χ1) is 14.6. The fourth-order valence-corrected chi connectivity index (χ4v) is 9.16. The number of fused-ring (bicyclic) bond motifs is 5. The smallest absolute Gasteiger partial charge is 0.302 e. The maximum absolute atomic E-state index is 11.5. The number of ether oxygens (including phenoxy) is 1. The summed E-state index contributed by atoms with van der Waals surface area (Å²) in [6, 6.07) is 0. The third-order valence-electron chi connectivity index (χ3n) is 10.7. The summed E-state index contributed by atoms with van der Waals surface area (Å²) in [7, 11) is 0. The van der Waals surface area contributed by atoms with E-state index in [2.05, 4.69) is 46.8 Å². The highest BCUT2D eigenvalue weighted by Gasteiger charge is 2.60. The number of esters is 1. The summed E-state index contributed by atoms with van der Waals surface area (Å²) >= 11 is 0. The van der Waals surface area contributed by atoms with Crippen molar-refractivity contribution in [3.63, 3.8) is 0 Å². The second kappa shape index (κ2) is 8.86. The zero-order valence-electron chi connectivity index (χ0n) is 21.2. The fraction of sp³-hybridized carbons (Fsp3) is 0.897. The van der Waals surface area contributed by atoms with Crippen molar-refractivity contribution in [3.8, 4) is 0 Å². The lowest BCUT2D eigenvalue weighted by atomic mass is 9.44. The first-order valence-electron chi connectivity index (χ1n) is 13.5. The van der Waals surface area contributed by atoms with E-state index in [4.69, 9.17) is 4.74 Å². The summed E-state index contributed by atoms with van der Waals surface area (Å²) in [5.74, 6) is 5.77. The van der Waals surface area contributed by atoms with Crippen LogP contribution in [0.1, 0.15) is 106 Å². The second-order valence-electron chi connectivity index (χ2n) is 12.8. The van der Waals surface area contributed by atoms with Gasteiger partial charge in [0.25, 0.3) is 0 Å². The van der Waals surface area contributed by atoms with E-state index in [0.29, 0.717) is 10.8 Å². The number of carbonyl (C=O) groups excluding carboxylic acids is 1. The van der Waals surface area contributed by atoms with Crippen LogP contribution in [0.5, 0.6) is 0 Å². The minimum atomic E-state index is -0.0933. The summed E-state index contributed by atoms with van der Waals surface area (Å²) in [5, 5.41) is 0. The molecule has 0 bridgehead atoms. The maximum atomic E-state index is 11.5. The van der Waals surface area contributed by atoms with Gasteiger partial charge in [-0.1, -0.05) is 46.8 Å². The molecule has 0 aliphatic heterocycles. The minimum absolute atomic E-state index is 0.0933. The standard InChI is InChI=1S/C29H48O2/c1-19(2)8-7-9-20(3)25-12-13-26-24-11-10-22-18-23(31-21(4)30)14-16-28(22,5)27(24)15-17-29(25,26)6/h7,9,19-20,22-27H,8,10-18H2,1-6H3/t20-,22-,23-,24-,25+,26-,27-,28-,29-/m0/s1. The van der Waals surface area contributed by atoms with Crippen molar-refractivity contribution in [1.82, 2.24) is 0 Å². The molecule has 31 heavy (non-hydrogen) atoms. The van der Waals surface area contributed by atoms with Crippen molar-refractivity contribution < 1.29 is 9.53 Å². The molecule has 0 aromatic carbocycles. The Bertz CT molecular complexity index is 680. The Morgan fingerprint density at radius 3 is 2.39 bits per heavy atom. The first kappa shape index (κ1) is 23.4. The average Bonchev–Trinajstić information content (AvgIpc) is 3.05. The zero-order chi connectivity index (χ0) is 22.4. The summed E-state index contributed by atoms with van der Waals surface area (Å²) in [6.45, 7) is 14.0. The van der Waals surface area contributed by atoms with Crippen LogP contribution in [-0.2, 0) is 9.53 Å². The Morgan fingerprint density at radius 1 is 0.968 bits per heavy atom. The quantitative estimate of drug-likeness (QED) is 0.329. The van der Waals surface area contributed by atoms with Gasteiger partial charge in [-0.15, -0.1) is 0 Å². The second-order valence-corrected chi connectivity index (χ2v) is 12.8. The predicted molar refractivity (Wildman–Crippen MR) is 129 cm³/mol. The van der Waals surface area contributed by atoms with Gasteiger partial charge in [-0.05, 0) is 116 Å². The lowest BCUT2D eigenvalue weighted by molar-refractivity contribution is -0.160. The molecule has 4 aliphatic rings. The predicted octanol–water partition coefficient (Wildman–Crippen LogP) is 7.82. The van der Waals surface area contributed by atoms with E-state index in [1.807, 2.05) is 0 Å². The Morgan fingerprint density at radius 2 is 1.68 bits per heavy atom. The van der Waals surface area contributed by atoms with E-state index < -0.39 is 0 Å². The van der Waals surface area contributed by atoms with Crippen LogP contribution < -0.4 is 0 Å². The van der Waals surface area contributed by atoms with Gasteiger partial charge in [-0.25, -0.2) is 0 Å². The van der Waals surface area contributed by atoms with Crippen LogP contribution >= 0.6 is 0 Å². The van der Waals surface area contributed by atoms with Crippen LogP contribution in [0.4, 0.5) is 0 Å². The van der Waals surface area contributed by atoms with Crippen LogP contribution in [0.25, 0.3) is 0 Å². The minimum Gasteiger partial charge on any atom is -0.463 e. The fourth-order valence-electron chi connectivity index (χ4n) is 9.16. The third-order valence-corrected chi connectivity index (χ3v) is 10.7. The molecule has 0 radical (unpaired) electrons. The van der Waals surface area contributed by atoms with Gasteiger partial charge >= 0.3 is 5.97 Å². The molecule has 0 unspecified atom stereocenters. The molecule has 0 aromatic heterocycles. The molecular weight excluding hydrogens is 380 g/mol. The number of hydrogen-bond donors (Lipinski definition) is 0. The van der Waals surface area contributed by atoms with Gasteiger partial charge in [0.1, 0.15) is 6.10 Å². The Labute approximate surface area is 192 Å². The number of carbonyl (C=O) groups is 1. The van der Waals surface area contributed by atoms with E-state index in [0.717, 1.165) is 54.3 Å². The van der Waals surface area contributed by atoms with E-state index in [-0.39, 0.29) is 12.1 Å². The molecule has 0 heterocycles. The van der Waals surface area contributed by atoms with Crippen molar-refractivity contribution in [2.75, 3.05) is 0 Å². The molecule has 0 amide bonds. The molecule has 4 aliphatic carbocycles. The largest absolute Gasteiger partial charge is 0.463 e. The first-order valence-corrected chi connectivity index (χ1v) is 13.5. The van der Waals surface area contributed by atoms with Crippen LogP contribution in [0, 0.1) is 52.3 Å². The summed E-state index contributed by atoms with van der Waals surface area (Å²) < 4.78 is 5.65. The monoisotopic (exact) mass is 428 g/mol. The van der Waals surface area contributed by atoms with E-state index in [9.17, 15) is 4.79 Å². The lowest BCUT2D eigenvalue weighted by Gasteiger charge is -2.61. The van der Waals surface area contributed by atoms with E-state index in [1.165, 1.54) is 51.4 Å². The van der Waals surface area contributed by atoms with Gasteiger partial charge in [0.05, 0.1) is 0 Å². The topological polar surface area (TPSA) is 26.3 Å². The number of allylic oxidation sites excluding steroid dienone is 2. The van der Waals surface area contributed by atoms with Gasteiger partial charge < -0.3 is 4.74 Å². The highest BCUT2D eigenvalue weighted by molar-refractivity contribution is 5.66. The highest BCUT2D eigenvalue weighted by Crippen LogP contribution is 2.68. The maximum Gasteiger partial charge on any atom is 0.302 e. The molecule has 9 atom stereocenters. The van der Waals surface area contributed by atoms with Crippen LogP contribution in [-0.4, -0.2) is 12.1 Å². The SMILES string of the molecule is CC(=O)O[C@H]1CC[C@@]2(C)[C@@H](CC[C@@H]3[C@@H]2CC[C@@]2(C)[C@@H]([C@@H](C)C=CCC(C)C)CC[C@@H]32)C1. The molecule has 4 fully saturated rings. The average molecular weight is 429 g/mol. The molecule has 2 nitrogen and oxygen atoms in total. The van der Waals surface area contributed by atoms with Crippen LogP contribution in [0.2, 0.25) is 0 Å². The molecule has 0 aromatic rings. The zero-order valence-corrected chi connectivity index (χ0v) is 21.2. The van der Waals surface area contributed by atoms with Gasteiger partial charge in [-0.2, -0.15) is 0 Å². The highest BCUT2D eigenvalue weighted by atomic mass is 16.5. The van der Waals surface area contributed by atoms with Gasteiger partial charge in [0.15, 0.2) is 0 Å². The van der Waals surface area contributed by atoms with Gasteiger partial charge in [0, 0.05) is 6.92 Å². The molecule has 176 valence electrons. The van der Waals surface area contributed by atoms with Crippen molar-refractivity contribution in [1.29, 1.82) is 0 Å². The molecule has 0 N–H and O–H groups in total. The van der Waals surface area contributed by atoms with Gasteiger partial charge in [0.2, 0.25) is 0 Å². The third kappa shape index (κ3) is 4.26. The van der Waals surface area contributed by atoms with Crippen molar-refractivity contribution in [3.05, 3.63) is 12.2 Å². The number of hydrogen-bond acceptors (Lipinski definition) is 2. The molecule has 2 heteroatoms. The normalized spacial score (nSPS) is 45.8. The summed E-state index contributed by atoms with van der Waals surface area (Å²) in [4.78, 5) is 11.5. The Kier molecular flexibility index (Phi) is 6.68. The van der Waals surface area contributed by atoms with Gasteiger partial charge in [-0.3, -0.25) is 4.79 Å². The van der Waals surface area contributed by atoms with Crippen molar-refractivity contribution >= 4 is 5.97 Å². The molecule has 4 saturated carbocycles. The van der Waals surface area contributed by atoms with Crippen LogP contribution in [0.3, 0.4) is 0 Å². The van der Waals surface area contributed by atoms with E-state index >= 15 is 0 Å². The van der Waals surface area contributed by atoms with Crippen molar-refractivity contribution in [2.24, 2.45) is 52.3 Å². The molecule has 0 spiro atoms. The summed E-state index contributed by atoms with van der Waals surface area (Å²) in [5.41, 5.74) is 1.02.